The first-order valence-electron chi connectivity index (χ1n) is 9.15. The lowest BCUT2D eigenvalue weighted by atomic mass is 9.94. The van der Waals surface area contributed by atoms with Crippen molar-refractivity contribution in [3.63, 3.8) is 0 Å². The topological polar surface area (TPSA) is 58.1 Å². The van der Waals surface area contributed by atoms with E-state index in [9.17, 15) is 4.79 Å². The molecule has 1 aliphatic heterocycles. The number of carbonyl (C=O) groups is 1. The number of anilines is 1. The molecule has 0 bridgehead atoms. The first kappa shape index (κ1) is 16.2. The Labute approximate surface area is 138 Å². The summed E-state index contributed by atoms with van der Waals surface area (Å²) in [6.45, 7) is 1.68. The summed E-state index contributed by atoms with van der Waals surface area (Å²) in [6, 6.07) is 2.21. The van der Waals surface area contributed by atoms with Crippen molar-refractivity contribution in [1.29, 1.82) is 0 Å². The van der Waals surface area contributed by atoms with E-state index in [0.29, 0.717) is 6.04 Å². The van der Waals surface area contributed by atoms with Crippen LogP contribution in [0.25, 0.3) is 0 Å². The van der Waals surface area contributed by atoms with E-state index in [1.54, 1.807) is 12.4 Å². The minimum atomic E-state index is 0.0676. The zero-order chi connectivity index (χ0) is 15.9. The van der Waals surface area contributed by atoms with Crippen LogP contribution in [0.15, 0.2) is 18.5 Å². The molecule has 5 heteroatoms. The highest BCUT2D eigenvalue weighted by atomic mass is 16.2. The highest BCUT2D eigenvalue weighted by Gasteiger charge is 2.28. The molecule has 0 spiro atoms. The van der Waals surface area contributed by atoms with Gasteiger partial charge in [-0.2, -0.15) is 0 Å². The molecule has 0 aromatic carbocycles. The quantitative estimate of drug-likeness (QED) is 0.931. The largest absolute Gasteiger partial charge is 0.353 e. The zero-order valence-electron chi connectivity index (χ0n) is 13.9. The van der Waals surface area contributed by atoms with E-state index in [-0.39, 0.29) is 11.8 Å². The predicted molar refractivity (Wildman–Crippen MR) is 91.2 cm³/mol. The fourth-order valence-corrected chi connectivity index (χ4v) is 3.75. The number of amides is 1. The van der Waals surface area contributed by atoms with Gasteiger partial charge in [0, 0.05) is 31.5 Å². The smallest absolute Gasteiger partial charge is 0.225 e. The molecule has 1 saturated heterocycles. The van der Waals surface area contributed by atoms with Gasteiger partial charge in [-0.25, -0.2) is 9.97 Å². The second kappa shape index (κ2) is 8.27. The van der Waals surface area contributed by atoms with Crippen LogP contribution in [-0.4, -0.2) is 35.0 Å². The van der Waals surface area contributed by atoms with E-state index < -0.39 is 0 Å². The number of nitrogens with one attached hydrogen (secondary N) is 1. The van der Waals surface area contributed by atoms with Crippen molar-refractivity contribution in [2.24, 2.45) is 5.92 Å². The van der Waals surface area contributed by atoms with Crippen LogP contribution in [-0.2, 0) is 4.79 Å². The molecular weight excluding hydrogens is 288 g/mol. The van der Waals surface area contributed by atoms with E-state index in [4.69, 9.17) is 0 Å². The Kier molecular flexibility index (Phi) is 5.83. The molecular formula is C18H28N4O. The molecule has 126 valence electrons. The molecule has 2 fully saturated rings. The summed E-state index contributed by atoms with van der Waals surface area (Å²) in [5.74, 6) is 1.05. The van der Waals surface area contributed by atoms with E-state index in [2.05, 4.69) is 20.2 Å². The van der Waals surface area contributed by atoms with Gasteiger partial charge in [0.05, 0.1) is 5.92 Å². The van der Waals surface area contributed by atoms with Gasteiger partial charge in [0.2, 0.25) is 11.9 Å². The van der Waals surface area contributed by atoms with Crippen molar-refractivity contribution >= 4 is 11.9 Å². The molecule has 1 saturated carbocycles. The summed E-state index contributed by atoms with van der Waals surface area (Å²) in [5.41, 5.74) is 0. The molecule has 1 atom stereocenters. The number of hydrogen-bond acceptors (Lipinski definition) is 4. The van der Waals surface area contributed by atoms with Gasteiger partial charge in [-0.05, 0) is 31.7 Å². The molecule has 2 heterocycles. The molecule has 1 aromatic rings. The molecule has 2 aliphatic rings. The second-order valence-electron chi connectivity index (χ2n) is 6.88. The molecule has 3 rings (SSSR count). The van der Waals surface area contributed by atoms with Crippen LogP contribution >= 0.6 is 0 Å². The Morgan fingerprint density at radius 2 is 1.70 bits per heavy atom. The van der Waals surface area contributed by atoms with Gasteiger partial charge in [0.25, 0.3) is 0 Å². The molecule has 1 aliphatic carbocycles. The third-order valence-corrected chi connectivity index (χ3v) is 5.08. The molecule has 1 N–H and O–H groups in total. The summed E-state index contributed by atoms with van der Waals surface area (Å²) in [7, 11) is 0. The van der Waals surface area contributed by atoms with Crippen LogP contribution in [0.1, 0.15) is 57.8 Å². The number of nitrogens with zero attached hydrogens (tertiary/aromatic N) is 3. The van der Waals surface area contributed by atoms with E-state index in [0.717, 1.165) is 44.7 Å². The summed E-state index contributed by atoms with van der Waals surface area (Å²) in [5, 5.41) is 3.32. The highest BCUT2D eigenvalue weighted by Crippen LogP contribution is 2.22. The molecule has 1 unspecified atom stereocenters. The van der Waals surface area contributed by atoms with E-state index >= 15 is 0 Å². The third kappa shape index (κ3) is 4.66. The van der Waals surface area contributed by atoms with E-state index in [1.165, 1.54) is 32.1 Å². The minimum Gasteiger partial charge on any atom is -0.353 e. The number of piperidine rings is 1. The van der Waals surface area contributed by atoms with Gasteiger partial charge >= 0.3 is 0 Å². The van der Waals surface area contributed by atoms with Crippen LogP contribution in [0.5, 0.6) is 0 Å². The molecule has 1 aromatic heterocycles. The summed E-state index contributed by atoms with van der Waals surface area (Å²) < 4.78 is 0. The second-order valence-corrected chi connectivity index (χ2v) is 6.88. The van der Waals surface area contributed by atoms with Gasteiger partial charge in [-0.1, -0.05) is 32.1 Å². The lowest BCUT2D eigenvalue weighted by molar-refractivity contribution is -0.126. The van der Waals surface area contributed by atoms with Crippen LogP contribution in [0, 0.1) is 5.92 Å². The first-order valence-corrected chi connectivity index (χ1v) is 9.15. The zero-order valence-corrected chi connectivity index (χ0v) is 13.9. The fourth-order valence-electron chi connectivity index (χ4n) is 3.75. The number of carbonyl (C=O) groups excluding carboxylic acids is 1. The van der Waals surface area contributed by atoms with Crippen molar-refractivity contribution in [2.75, 3.05) is 18.0 Å². The average molecular weight is 316 g/mol. The summed E-state index contributed by atoms with van der Waals surface area (Å²) in [4.78, 5) is 23.4. The highest BCUT2D eigenvalue weighted by molar-refractivity contribution is 5.79. The average Bonchev–Trinajstić information content (AvgIpc) is 2.58. The van der Waals surface area contributed by atoms with Crippen molar-refractivity contribution in [3.05, 3.63) is 18.5 Å². The molecule has 23 heavy (non-hydrogen) atoms. The lowest BCUT2D eigenvalue weighted by Crippen LogP contribution is -2.46. The van der Waals surface area contributed by atoms with Gasteiger partial charge in [0.1, 0.15) is 0 Å². The van der Waals surface area contributed by atoms with Gasteiger partial charge in [-0.15, -0.1) is 0 Å². The standard InChI is InChI=1S/C18H28N4O/c23-17(21-16-9-4-2-1-3-5-10-16)15-8-6-13-22(14-15)18-19-11-7-12-20-18/h7,11-12,15-16H,1-6,8-10,13-14H2,(H,21,23). The van der Waals surface area contributed by atoms with Crippen LogP contribution in [0.4, 0.5) is 5.95 Å². The van der Waals surface area contributed by atoms with Crippen LogP contribution < -0.4 is 10.2 Å². The SMILES string of the molecule is O=C(NC1CCCCCCC1)C1CCCN(c2ncccn2)C1. The van der Waals surface area contributed by atoms with Crippen molar-refractivity contribution in [3.8, 4) is 0 Å². The normalized spacial score (nSPS) is 23.8. The van der Waals surface area contributed by atoms with Gasteiger partial charge < -0.3 is 10.2 Å². The molecule has 5 nitrogen and oxygen atoms in total. The Morgan fingerprint density at radius 3 is 2.43 bits per heavy atom. The molecule has 1 amide bonds. The maximum absolute atomic E-state index is 12.7. The van der Waals surface area contributed by atoms with Crippen molar-refractivity contribution < 1.29 is 4.79 Å². The van der Waals surface area contributed by atoms with E-state index in [1.807, 2.05) is 6.07 Å². The maximum Gasteiger partial charge on any atom is 0.225 e. The minimum absolute atomic E-state index is 0.0676. The van der Waals surface area contributed by atoms with Crippen molar-refractivity contribution in [2.45, 2.75) is 63.8 Å². The number of aromatic nitrogens is 2. The Balaban J connectivity index is 1.54. The van der Waals surface area contributed by atoms with Gasteiger partial charge in [-0.3, -0.25) is 4.79 Å². The van der Waals surface area contributed by atoms with Crippen molar-refractivity contribution in [1.82, 2.24) is 15.3 Å². The Bertz CT molecular complexity index is 485. The fraction of sp³-hybridized carbons (Fsp3) is 0.722. The number of rotatable bonds is 3. The number of hydrogen-bond donors (Lipinski definition) is 1. The lowest BCUT2D eigenvalue weighted by Gasteiger charge is -2.33. The Hall–Kier alpha value is -1.65. The monoisotopic (exact) mass is 316 g/mol. The summed E-state index contributed by atoms with van der Waals surface area (Å²) >= 11 is 0. The van der Waals surface area contributed by atoms with Gasteiger partial charge in [0.15, 0.2) is 0 Å². The first-order chi connectivity index (χ1) is 11.3. The predicted octanol–water partition coefficient (Wildman–Crippen LogP) is 2.92. The van der Waals surface area contributed by atoms with Crippen LogP contribution in [0.2, 0.25) is 0 Å². The summed E-state index contributed by atoms with van der Waals surface area (Å²) in [6.07, 6.45) is 14.3. The Morgan fingerprint density at radius 1 is 1.00 bits per heavy atom. The maximum atomic E-state index is 12.7. The molecule has 0 radical (unpaired) electrons. The van der Waals surface area contributed by atoms with Crippen LogP contribution in [0.3, 0.4) is 0 Å². The third-order valence-electron chi connectivity index (χ3n) is 5.08.